The Labute approximate surface area is 62.7 Å². The summed E-state index contributed by atoms with van der Waals surface area (Å²) in [5.41, 5.74) is 0. The average Bonchev–Trinajstić information content (AvgIpc) is 1.63. The Hall–Kier alpha value is 0.400. The molecule has 0 fully saturated rings. The minimum atomic E-state index is -1.62. The predicted octanol–water partition coefficient (Wildman–Crippen LogP) is 2.01. The first kappa shape index (κ1) is 9.40. The van der Waals surface area contributed by atoms with Crippen LogP contribution in [0, 0.1) is 0 Å². The number of rotatable bonds is 4. The quantitative estimate of drug-likeness (QED) is 0.604. The molecule has 4 heteroatoms. The van der Waals surface area contributed by atoms with Crippen LogP contribution in [0.25, 0.3) is 0 Å². The van der Waals surface area contributed by atoms with E-state index in [0.717, 1.165) is 12.8 Å². The van der Waals surface area contributed by atoms with Gasteiger partial charge < -0.3 is 0 Å². The van der Waals surface area contributed by atoms with Crippen LogP contribution in [0.4, 0.5) is 0 Å². The number of hydrogen-bond acceptors (Lipinski definition) is 2. The van der Waals surface area contributed by atoms with Crippen LogP contribution in [-0.2, 0) is 14.5 Å². The molecule has 0 rings (SSSR count). The number of halogens is 1. The molecule has 0 aliphatic heterocycles. The highest BCUT2D eigenvalue weighted by Crippen LogP contribution is 2.04. The largest absolute Gasteiger partial charge is 0.275 e. The maximum Gasteiger partial charge on any atom is 0.256 e. The third-order valence-electron chi connectivity index (χ3n) is 0.935. The standard InChI is InChI=1S/C5H11ClO2S/c1-3-4-5(2)8-9(6)7/h5H,3-4H2,1-2H3/t5-,9?/m0/s1. The van der Waals surface area contributed by atoms with Crippen molar-refractivity contribution in [2.75, 3.05) is 0 Å². The van der Waals surface area contributed by atoms with Crippen LogP contribution in [0.1, 0.15) is 26.7 Å². The smallest absolute Gasteiger partial charge is 0.256 e. The van der Waals surface area contributed by atoms with Crippen molar-refractivity contribution in [2.24, 2.45) is 0 Å². The lowest BCUT2D eigenvalue weighted by Crippen LogP contribution is -2.06. The molecule has 0 N–H and O–H groups in total. The Morgan fingerprint density at radius 3 is 2.67 bits per heavy atom. The summed E-state index contributed by atoms with van der Waals surface area (Å²) in [5.74, 6) is 0. The first-order chi connectivity index (χ1) is 4.16. The first-order valence-corrected chi connectivity index (χ1v) is 4.82. The van der Waals surface area contributed by atoms with E-state index in [1.807, 2.05) is 13.8 Å². The molecule has 0 heterocycles. The minimum absolute atomic E-state index is 0.00772. The lowest BCUT2D eigenvalue weighted by atomic mass is 10.2. The topological polar surface area (TPSA) is 26.3 Å². The van der Waals surface area contributed by atoms with Gasteiger partial charge in [0.25, 0.3) is 10.3 Å². The van der Waals surface area contributed by atoms with Crippen molar-refractivity contribution in [3.05, 3.63) is 0 Å². The molecule has 2 atom stereocenters. The summed E-state index contributed by atoms with van der Waals surface area (Å²) < 4.78 is 14.9. The van der Waals surface area contributed by atoms with Crippen LogP contribution in [0.3, 0.4) is 0 Å². The molecule has 0 saturated heterocycles. The second-order valence-corrected chi connectivity index (χ2v) is 3.23. The Morgan fingerprint density at radius 1 is 1.78 bits per heavy atom. The molecule has 0 aromatic heterocycles. The summed E-state index contributed by atoms with van der Waals surface area (Å²) in [6, 6.07) is 0. The zero-order valence-electron chi connectivity index (χ0n) is 5.59. The van der Waals surface area contributed by atoms with Gasteiger partial charge in [-0.15, -0.1) is 0 Å². The highest BCUT2D eigenvalue weighted by atomic mass is 35.7. The van der Waals surface area contributed by atoms with E-state index in [1.165, 1.54) is 0 Å². The highest BCUT2D eigenvalue weighted by molar-refractivity contribution is 8.04. The van der Waals surface area contributed by atoms with E-state index < -0.39 is 10.3 Å². The maximum atomic E-state index is 10.2. The summed E-state index contributed by atoms with van der Waals surface area (Å²) >= 11 is 0. The van der Waals surface area contributed by atoms with Gasteiger partial charge in [-0.05, 0) is 13.3 Å². The fraction of sp³-hybridized carbons (Fsp3) is 1.00. The van der Waals surface area contributed by atoms with Gasteiger partial charge in [-0.2, -0.15) is 0 Å². The molecule has 0 spiro atoms. The SMILES string of the molecule is CCC[C@H](C)OS(=O)Cl. The van der Waals surface area contributed by atoms with E-state index in [4.69, 9.17) is 14.9 Å². The van der Waals surface area contributed by atoms with E-state index in [9.17, 15) is 4.21 Å². The zero-order valence-corrected chi connectivity index (χ0v) is 7.17. The van der Waals surface area contributed by atoms with Crippen molar-refractivity contribution in [1.29, 1.82) is 0 Å². The normalized spacial score (nSPS) is 17.2. The minimum Gasteiger partial charge on any atom is -0.275 e. The van der Waals surface area contributed by atoms with Gasteiger partial charge in [0.2, 0.25) is 0 Å². The van der Waals surface area contributed by atoms with Crippen LogP contribution in [0.5, 0.6) is 0 Å². The summed E-state index contributed by atoms with van der Waals surface area (Å²) in [4.78, 5) is 0. The van der Waals surface area contributed by atoms with Gasteiger partial charge in [0.05, 0.1) is 6.10 Å². The molecule has 0 aliphatic carbocycles. The van der Waals surface area contributed by atoms with Crippen molar-refractivity contribution in [2.45, 2.75) is 32.8 Å². The van der Waals surface area contributed by atoms with Crippen molar-refractivity contribution in [1.82, 2.24) is 0 Å². The molecule has 1 unspecified atom stereocenters. The van der Waals surface area contributed by atoms with Crippen LogP contribution < -0.4 is 0 Å². The van der Waals surface area contributed by atoms with Crippen molar-refractivity contribution < 1.29 is 8.39 Å². The predicted molar refractivity (Wildman–Crippen MR) is 39.5 cm³/mol. The molecule has 56 valence electrons. The summed E-state index contributed by atoms with van der Waals surface area (Å²) in [6.45, 7) is 3.89. The molecule has 0 radical (unpaired) electrons. The van der Waals surface area contributed by atoms with Gasteiger partial charge >= 0.3 is 0 Å². The van der Waals surface area contributed by atoms with Gasteiger partial charge in [0, 0.05) is 10.7 Å². The molecular weight excluding hydrogens is 160 g/mol. The second-order valence-electron chi connectivity index (χ2n) is 1.89. The Balaban J connectivity index is 3.26. The lowest BCUT2D eigenvalue weighted by Gasteiger charge is -2.05. The third kappa shape index (κ3) is 6.28. The van der Waals surface area contributed by atoms with Gasteiger partial charge in [-0.25, -0.2) is 4.21 Å². The molecule has 2 nitrogen and oxygen atoms in total. The van der Waals surface area contributed by atoms with E-state index in [0.29, 0.717) is 0 Å². The van der Waals surface area contributed by atoms with Gasteiger partial charge in [-0.3, -0.25) is 4.18 Å². The van der Waals surface area contributed by atoms with E-state index >= 15 is 0 Å². The molecule has 0 amide bonds. The second kappa shape index (κ2) is 5.21. The van der Waals surface area contributed by atoms with Gasteiger partial charge in [0.1, 0.15) is 0 Å². The highest BCUT2D eigenvalue weighted by Gasteiger charge is 2.02. The summed E-state index contributed by atoms with van der Waals surface area (Å²) in [5, 5.41) is 0. The van der Waals surface area contributed by atoms with Crippen LogP contribution >= 0.6 is 10.7 Å². The monoisotopic (exact) mass is 170 g/mol. The van der Waals surface area contributed by atoms with Crippen LogP contribution in [-0.4, -0.2) is 10.3 Å². The zero-order chi connectivity index (χ0) is 7.28. The van der Waals surface area contributed by atoms with Gasteiger partial charge in [-0.1, -0.05) is 13.3 Å². The molecular formula is C5H11ClO2S. The van der Waals surface area contributed by atoms with E-state index in [1.54, 1.807) is 0 Å². The molecule has 0 bridgehead atoms. The number of hydrogen-bond donors (Lipinski definition) is 0. The summed E-state index contributed by atoms with van der Waals surface area (Å²) in [7, 11) is 3.43. The fourth-order valence-electron chi connectivity index (χ4n) is 0.584. The Kier molecular flexibility index (Phi) is 5.44. The Morgan fingerprint density at radius 2 is 2.33 bits per heavy atom. The average molecular weight is 171 g/mol. The van der Waals surface area contributed by atoms with E-state index in [2.05, 4.69) is 0 Å². The van der Waals surface area contributed by atoms with Crippen molar-refractivity contribution in [3.8, 4) is 0 Å². The molecule has 0 aromatic carbocycles. The fourth-order valence-corrected chi connectivity index (χ4v) is 1.31. The summed E-state index contributed by atoms with van der Waals surface area (Å²) in [6.07, 6.45) is 1.93. The molecule has 9 heavy (non-hydrogen) atoms. The van der Waals surface area contributed by atoms with Gasteiger partial charge in [0.15, 0.2) is 0 Å². The van der Waals surface area contributed by atoms with Crippen molar-refractivity contribution in [3.63, 3.8) is 0 Å². The first-order valence-electron chi connectivity index (χ1n) is 2.92. The van der Waals surface area contributed by atoms with Crippen LogP contribution in [0.2, 0.25) is 0 Å². The van der Waals surface area contributed by atoms with Crippen LogP contribution in [0.15, 0.2) is 0 Å². The Bertz CT molecular complexity index is 97.0. The van der Waals surface area contributed by atoms with Crippen molar-refractivity contribution >= 4 is 21.0 Å². The maximum absolute atomic E-state index is 10.2. The van der Waals surface area contributed by atoms with E-state index in [-0.39, 0.29) is 6.10 Å². The lowest BCUT2D eigenvalue weighted by molar-refractivity contribution is 0.239. The molecule has 0 aromatic rings. The molecule has 0 saturated carbocycles. The molecule has 0 aliphatic rings. The third-order valence-corrected chi connectivity index (χ3v) is 1.63.